The lowest BCUT2D eigenvalue weighted by Crippen LogP contribution is -2.31. The van der Waals surface area contributed by atoms with E-state index in [-0.39, 0.29) is 24.8 Å². The molecule has 1 aliphatic carbocycles. The van der Waals surface area contributed by atoms with Crippen molar-refractivity contribution in [2.45, 2.75) is 63.3 Å². The van der Waals surface area contributed by atoms with E-state index in [2.05, 4.69) is 57.2 Å². The van der Waals surface area contributed by atoms with Crippen molar-refractivity contribution >= 4 is 22.1 Å². The van der Waals surface area contributed by atoms with Gasteiger partial charge in [0.05, 0.1) is 28.5 Å². The Hall–Kier alpha value is -3.72. The Balaban J connectivity index is 1.47. The lowest BCUT2D eigenvalue weighted by Gasteiger charge is -2.35. The summed E-state index contributed by atoms with van der Waals surface area (Å²) in [6.07, 6.45) is 4.78. The lowest BCUT2D eigenvalue weighted by atomic mass is 9.79. The molecule has 1 aliphatic heterocycles. The van der Waals surface area contributed by atoms with Crippen molar-refractivity contribution in [3.8, 4) is 11.3 Å². The molecule has 9 heteroatoms. The standard InChI is InChI=1S/C33H37F2N7/c1-21-30(41(3)39-38-21)25-19-28-29(36-20-25)26-9-10-27(22-13-17-40(2)18-14-22)37-32(26)42(28)31(23-7-5-4-6-8-23)24-11-15-33(34,35)16-12-24/h4-10,19-20,22,24,31H,11-18H2,1-3H3. The van der Waals surface area contributed by atoms with Crippen LogP contribution < -0.4 is 0 Å². The van der Waals surface area contributed by atoms with E-state index in [9.17, 15) is 8.78 Å². The summed E-state index contributed by atoms with van der Waals surface area (Å²) in [7, 11) is 4.06. The molecule has 1 unspecified atom stereocenters. The highest BCUT2D eigenvalue weighted by Crippen LogP contribution is 2.46. The van der Waals surface area contributed by atoms with Gasteiger partial charge in [-0.25, -0.2) is 18.4 Å². The molecule has 42 heavy (non-hydrogen) atoms. The molecule has 5 heterocycles. The Labute approximate surface area is 244 Å². The SMILES string of the molecule is Cc1nnn(C)c1-c1cnc2c3ccc(C4CCN(C)CC4)nc3n(C(c3ccccc3)C3CCC(F)(F)CC3)c2c1. The third-order valence-corrected chi connectivity index (χ3v) is 9.54. The first kappa shape index (κ1) is 27.1. The van der Waals surface area contributed by atoms with Crippen molar-refractivity contribution in [2.75, 3.05) is 20.1 Å². The Bertz CT molecular complexity index is 1700. The summed E-state index contributed by atoms with van der Waals surface area (Å²) < 4.78 is 32.9. The van der Waals surface area contributed by atoms with Gasteiger partial charge in [0.2, 0.25) is 5.92 Å². The number of aryl methyl sites for hydroxylation is 2. The predicted octanol–water partition coefficient (Wildman–Crippen LogP) is 6.91. The normalized spacial score (nSPS) is 19.5. The van der Waals surface area contributed by atoms with Crippen LogP contribution in [-0.4, -0.2) is 60.5 Å². The number of alkyl halides is 2. The average molecular weight is 570 g/mol. The Morgan fingerprint density at radius 3 is 2.38 bits per heavy atom. The molecular weight excluding hydrogens is 532 g/mol. The van der Waals surface area contributed by atoms with Gasteiger partial charge in [-0.15, -0.1) is 5.10 Å². The highest BCUT2D eigenvalue weighted by atomic mass is 19.3. The van der Waals surface area contributed by atoms with Crippen molar-refractivity contribution < 1.29 is 8.78 Å². The van der Waals surface area contributed by atoms with E-state index in [1.165, 1.54) is 0 Å². The Morgan fingerprint density at radius 2 is 1.69 bits per heavy atom. The van der Waals surface area contributed by atoms with Crippen LogP contribution in [0.1, 0.15) is 67.4 Å². The number of fused-ring (bicyclic) bond motifs is 3. The first-order valence-electron chi connectivity index (χ1n) is 15.1. The third-order valence-electron chi connectivity index (χ3n) is 9.54. The van der Waals surface area contributed by atoms with Crippen LogP contribution in [0.25, 0.3) is 33.3 Å². The minimum absolute atomic E-state index is 0.0448. The van der Waals surface area contributed by atoms with Gasteiger partial charge in [0.1, 0.15) is 5.65 Å². The fraction of sp³-hybridized carbons (Fsp3) is 0.455. The summed E-state index contributed by atoms with van der Waals surface area (Å²) in [5.41, 5.74) is 7.61. The van der Waals surface area contributed by atoms with Gasteiger partial charge in [0.25, 0.3) is 0 Å². The van der Waals surface area contributed by atoms with Crippen LogP contribution >= 0.6 is 0 Å². The monoisotopic (exact) mass is 569 g/mol. The van der Waals surface area contributed by atoms with Crippen LogP contribution in [0.5, 0.6) is 0 Å². The third kappa shape index (κ3) is 4.77. The van der Waals surface area contributed by atoms with Gasteiger partial charge < -0.3 is 9.47 Å². The Kier molecular flexibility index (Phi) is 6.80. The summed E-state index contributed by atoms with van der Waals surface area (Å²) in [5, 5.41) is 9.48. The molecule has 4 aromatic heterocycles. The van der Waals surface area contributed by atoms with Crippen LogP contribution in [-0.2, 0) is 7.05 Å². The average Bonchev–Trinajstić information content (AvgIpc) is 3.50. The number of likely N-dealkylation sites (tertiary alicyclic amines) is 1. The second-order valence-electron chi connectivity index (χ2n) is 12.3. The molecule has 0 amide bonds. The van der Waals surface area contributed by atoms with Gasteiger partial charge in [0, 0.05) is 48.6 Å². The molecule has 1 atom stereocenters. The summed E-state index contributed by atoms with van der Waals surface area (Å²) >= 11 is 0. The smallest absolute Gasteiger partial charge is 0.248 e. The first-order chi connectivity index (χ1) is 20.3. The Morgan fingerprint density at radius 1 is 0.952 bits per heavy atom. The van der Waals surface area contributed by atoms with Crippen molar-refractivity contribution in [3.63, 3.8) is 0 Å². The van der Waals surface area contributed by atoms with E-state index < -0.39 is 5.92 Å². The molecule has 7 rings (SSSR count). The highest BCUT2D eigenvalue weighted by molar-refractivity contribution is 6.05. The molecule has 0 radical (unpaired) electrons. The highest BCUT2D eigenvalue weighted by Gasteiger charge is 2.39. The number of pyridine rings is 2. The summed E-state index contributed by atoms with van der Waals surface area (Å²) in [4.78, 5) is 12.8. The summed E-state index contributed by atoms with van der Waals surface area (Å²) in [5.74, 6) is -2.16. The topological polar surface area (TPSA) is 64.7 Å². The van der Waals surface area contributed by atoms with E-state index in [0.717, 1.165) is 76.2 Å². The molecule has 0 bridgehead atoms. The van der Waals surface area contributed by atoms with E-state index in [4.69, 9.17) is 9.97 Å². The van der Waals surface area contributed by atoms with Gasteiger partial charge in [-0.2, -0.15) is 0 Å². The second-order valence-corrected chi connectivity index (χ2v) is 12.3. The zero-order chi connectivity index (χ0) is 29.0. The fourth-order valence-corrected chi connectivity index (χ4v) is 7.25. The minimum Gasteiger partial charge on any atom is -0.316 e. The predicted molar refractivity (Wildman–Crippen MR) is 161 cm³/mol. The lowest BCUT2D eigenvalue weighted by molar-refractivity contribution is -0.0493. The van der Waals surface area contributed by atoms with Gasteiger partial charge in [0.15, 0.2) is 0 Å². The number of rotatable bonds is 5. The number of aromatic nitrogens is 6. The maximum Gasteiger partial charge on any atom is 0.248 e. The number of nitrogens with zero attached hydrogens (tertiary/aromatic N) is 7. The fourth-order valence-electron chi connectivity index (χ4n) is 7.25. The number of benzene rings is 1. The number of hydrogen-bond acceptors (Lipinski definition) is 5. The molecule has 2 aliphatic rings. The summed E-state index contributed by atoms with van der Waals surface area (Å²) in [6, 6.07) is 16.7. The van der Waals surface area contributed by atoms with Gasteiger partial charge in [-0.05, 0) is 82.4 Å². The van der Waals surface area contributed by atoms with E-state index >= 15 is 0 Å². The summed E-state index contributed by atoms with van der Waals surface area (Å²) in [6.45, 7) is 4.06. The van der Waals surface area contributed by atoms with Gasteiger partial charge in [-0.1, -0.05) is 35.5 Å². The molecule has 7 nitrogen and oxygen atoms in total. The van der Waals surface area contributed by atoms with Crippen molar-refractivity contribution in [1.29, 1.82) is 0 Å². The molecule has 5 aromatic rings. The van der Waals surface area contributed by atoms with Crippen LogP contribution in [0, 0.1) is 12.8 Å². The zero-order valence-corrected chi connectivity index (χ0v) is 24.5. The van der Waals surface area contributed by atoms with Crippen molar-refractivity contribution in [2.24, 2.45) is 13.0 Å². The zero-order valence-electron chi connectivity index (χ0n) is 24.5. The first-order valence-corrected chi connectivity index (χ1v) is 15.1. The van der Waals surface area contributed by atoms with Crippen LogP contribution in [0.15, 0.2) is 54.7 Å². The quantitative estimate of drug-likeness (QED) is 0.230. The second kappa shape index (κ2) is 10.5. The van der Waals surface area contributed by atoms with Crippen molar-refractivity contribution in [3.05, 3.63) is 71.7 Å². The molecular formula is C33H37F2N7. The largest absolute Gasteiger partial charge is 0.316 e. The van der Waals surface area contributed by atoms with Gasteiger partial charge in [-0.3, -0.25) is 4.98 Å². The molecule has 0 N–H and O–H groups in total. The molecule has 2 fully saturated rings. The van der Waals surface area contributed by atoms with Crippen LogP contribution in [0.2, 0.25) is 0 Å². The van der Waals surface area contributed by atoms with E-state index in [1.807, 2.05) is 38.4 Å². The number of piperidine rings is 1. The maximum atomic E-state index is 14.4. The van der Waals surface area contributed by atoms with Crippen LogP contribution in [0.4, 0.5) is 8.78 Å². The maximum absolute atomic E-state index is 14.4. The van der Waals surface area contributed by atoms with Gasteiger partial charge >= 0.3 is 0 Å². The molecule has 0 spiro atoms. The van der Waals surface area contributed by atoms with Crippen molar-refractivity contribution in [1.82, 2.24) is 34.4 Å². The molecule has 1 saturated carbocycles. The van der Waals surface area contributed by atoms with E-state index in [0.29, 0.717) is 18.8 Å². The molecule has 1 saturated heterocycles. The number of hydrogen-bond donors (Lipinski definition) is 0. The molecule has 1 aromatic carbocycles. The molecule has 218 valence electrons. The minimum atomic E-state index is -2.60. The van der Waals surface area contributed by atoms with E-state index in [1.54, 1.807) is 4.68 Å². The number of halogens is 2. The van der Waals surface area contributed by atoms with Crippen LogP contribution in [0.3, 0.4) is 0 Å².